The number of carbonyl (C=O) groups is 1. The summed E-state index contributed by atoms with van der Waals surface area (Å²) in [5, 5.41) is 0. The minimum Gasteiger partial charge on any atom is -0.465 e. The van der Waals surface area contributed by atoms with Crippen LogP contribution in [0.15, 0.2) is 12.2 Å². The van der Waals surface area contributed by atoms with Crippen molar-refractivity contribution in [3.05, 3.63) is 12.2 Å². The van der Waals surface area contributed by atoms with Crippen molar-refractivity contribution in [3.63, 3.8) is 0 Å². The highest BCUT2D eigenvalue weighted by Crippen LogP contribution is 2.13. The summed E-state index contributed by atoms with van der Waals surface area (Å²) < 4.78 is 5.17. The fourth-order valence-corrected chi connectivity index (χ4v) is 1.84. The highest BCUT2D eigenvalue weighted by molar-refractivity contribution is 5.71. The van der Waals surface area contributed by atoms with Crippen LogP contribution in [0.25, 0.3) is 0 Å². The molecule has 0 saturated heterocycles. The number of hydrogen-bond acceptors (Lipinski definition) is 2. The summed E-state index contributed by atoms with van der Waals surface area (Å²) in [5.74, 6) is 1.15. The van der Waals surface area contributed by atoms with Crippen LogP contribution in [0.4, 0.5) is 0 Å². The number of carbonyl (C=O) groups excluding carboxylic acids is 1. The molecule has 0 heterocycles. The van der Waals surface area contributed by atoms with Gasteiger partial charge in [-0.1, -0.05) is 59.6 Å². The van der Waals surface area contributed by atoms with Gasteiger partial charge in [0.05, 0.1) is 12.5 Å². The minimum absolute atomic E-state index is 0.0169. The number of ether oxygens (including phenoxy) is 1. The van der Waals surface area contributed by atoms with E-state index in [9.17, 15) is 4.79 Å². The maximum absolute atomic E-state index is 11.3. The topological polar surface area (TPSA) is 26.3 Å². The zero-order valence-electron chi connectivity index (χ0n) is 13.4. The minimum atomic E-state index is -0.0867. The lowest BCUT2D eigenvalue weighted by Gasteiger charge is -2.10. The Balaban J connectivity index is 3.66. The standard InChI is InChI=1S/C17H32O2/c1-6-7-9-15(4)11-12-16(5)10-8-13-19-17(18)14(2)3/h11-12,14-16H,6-10,13H2,1-5H3/b12-11-. The van der Waals surface area contributed by atoms with Crippen LogP contribution in [0.1, 0.15) is 66.7 Å². The molecule has 0 radical (unpaired) electrons. The fraction of sp³-hybridized carbons (Fsp3) is 0.824. The first kappa shape index (κ1) is 18.2. The van der Waals surface area contributed by atoms with Crippen molar-refractivity contribution in [1.82, 2.24) is 0 Å². The van der Waals surface area contributed by atoms with Gasteiger partial charge >= 0.3 is 5.97 Å². The van der Waals surface area contributed by atoms with Gasteiger partial charge in [0.1, 0.15) is 0 Å². The molecule has 0 amide bonds. The number of esters is 1. The van der Waals surface area contributed by atoms with Gasteiger partial charge < -0.3 is 4.74 Å². The van der Waals surface area contributed by atoms with Gasteiger partial charge in [-0.3, -0.25) is 4.79 Å². The normalized spacial score (nSPS) is 14.8. The van der Waals surface area contributed by atoms with Gasteiger partial charge in [0.25, 0.3) is 0 Å². The lowest BCUT2D eigenvalue weighted by Crippen LogP contribution is -2.12. The van der Waals surface area contributed by atoms with E-state index in [1.54, 1.807) is 0 Å². The summed E-state index contributed by atoms with van der Waals surface area (Å²) in [7, 11) is 0. The Hall–Kier alpha value is -0.790. The first-order valence-electron chi connectivity index (χ1n) is 7.82. The summed E-state index contributed by atoms with van der Waals surface area (Å²) in [6.45, 7) is 11.0. The molecule has 0 N–H and O–H groups in total. The second-order valence-corrected chi connectivity index (χ2v) is 5.95. The largest absolute Gasteiger partial charge is 0.465 e. The monoisotopic (exact) mass is 268 g/mol. The number of unbranched alkanes of at least 4 members (excludes halogenated alkanes) is 1. The molecule has 0 rings (SSSR count). The number of allylic oxidation sites excluding steroid dienone is 2. The van der Waals surface area contributed by atoms with Gasteiger partial charge in [0.2, 0.25) is 0 Å². The molecule has 0 bridgehead atoms. The van der Waals surface area contributed by atoms with Crippen LogP contribution >= 0.6 is 0 Å². The molecule has 2 unspecified atom stereocenters. The molecule has 0 aliphatic rings. The summed E-state index contributed by atoms with van der Waals surface area (Å²) in [5.41, 5.74) is 0. The van der Waals surface area contributed by atoms with Gasteiger partial charge in [-0.25, -0.2) is 0 Å². The van der Waals surface area contributed by atoms with Gasteiger partial charge in [-0.05, 0) is 31.1 Å². The van der Waals surface area contributed by atoms with Crippen LogP contribution in [0.3, 0.4) is 0 Å². The first-order chi connectivity index (χ1) is 8.97. The zero-order chi connectivity index (χ0) is 14.7. The predicted molar refractivity (Wildman–Crippen MR) is 82.0 cm³/mol. The summed E-state index contributed by atoms with van der Waals surface area (Å²) in [6, 6.07) is 0. The molecule has 0 spiro atoms. The van der Waals surface area contributed by atoms with Crippen LogP contribution in [0.2, 0.25) is 0 Å². The van der Waals surface area contributed by atoms with E-state index < -0.39 is 0 Å². The van der Waals surface area contributed by atoms with Crippen LogP contribution in [-0.2, 0) is 9.53 Å². The summed E-state index contributed by atoms with van der Waals surface area (Å²) >= 11 is 0. The Morgan fingerprint density at radius 2 is 1.53 bits per heavy atom. The van der Waals surface area contributed by atoms with Crippen LogP contribution < -0.4 is 0 Å². The lowest BCUT2D eigenvalue weighted by atomic mass is 9.99. The molecule has 0 aliphatic carbocycles. The van der Waals surface area contributed by atoms with E-state index in [4.69, 9.17) is 4.74 Å². The Labute approximate surface area is 119 Å². The SMILES string of the molecule is CCCCC(C)/C=C\C(C)CCCOC(=O)C(C)C. The molecule has 2 heteroatoms. The molecule has 19 heavy (non-hydrogen) atoms. The molecule has 0 aromatic rings. The number of rotatable bonds is 10. The van der Waals surface area contributed by atoms with Crippen molar-refractivity contribution >= 4 is 5.97 Å². The average Bonchev–Trinajstić information content (AvgIpc) is 2.38. The second-order valence-electron chi connectivity index (χ2n) is 5.95. The molecule has 0 aliphatic heterocycles. The molecular weight excluding hydrogens is 236 g/mol. The number of hydrogen-bond donors (Lipinski definition) is 0. The smallest absolute Gasteiger partial charge is 0.308 e. The molecule has 0 saturated carbocycles. The molecule has 0 aromatic heterocycles. The summed E-state index contributed by atoms with van der Waals surface area (Å²) in [4.78, 5) is 11.3. The van der Waals surface area contributed by atoms with Crippen molar-refractivity contribution < 1.29 is 9.53 Å². The highest BCUT2D eigenvalue weighted by atomic mass is 16.5. The van der Waals surface area contributed by atoms with Crippen molar-refractivity contribution in [2.24, 2.45) is 17.8 Å². The highest BCUT2D eigenvalue weighted by Gasteiger charge is 2.07. The van der Waals surface area contributed by atoms with E-state index >= 15 is 0 Å². The van der Waals surface area contributed by atoms with E-state index in [2.05, 4.69) is 32.9 Å². The Morgan fingerprint density at radius 3 is 2.00 bits per heavy atom. The molecule has 112 valence electrons. The average molecular weight is 268 g/mol. The Kier molecular flexibility index (Phi) is 10.6. The van der Waals surface area contributed by atoms with Gasteiger partial charge in [0, 0.05) is 0 Å². The predicted octanol–water partition coefficient (Wildman–Crippen LogP) is 4.98. The second kappa shape index (κ2) is 11.1. The lowest BCUT2D eigenvalue weighted by molar-refractivity contribution is -0.147. The van der Waals surface area contributed by atoms with Gasteiger partial charge in [-0.2, -0.15) is 0 Å². The van der Waals surface area contributed by atoms with Crippen molar-refractivity contribution in [2.45, 2.75) is 66.7 Å². The van der Waals surface area contributed by atoms with E-state index in [1.165, 1.54) is 19.3 Å². The third-order valence-electron chi connectivity index (χ3n) is 3.30. The Bertz CT molecular complexity index is 256. The van der Waals surface area contributed by atoms with Crippen molar-refractivity contribution in [1.29, 1.82) is 0 Å². The van der Waals surface area contributed by atoms with E-state index in [0.717, 1.165) is 12.8 Å². The quantitative estimate of drug-likeness (QED) is 0.317. The zero-order valence-corrected chi connectivity index (χ0v) is 13.4. The van der Waals surface area contributed by atoms with Crippen LogP contribution in [0.5, 0.6) is 0 Å². The fourth-order valence-electron chi connectivity index (χ4n) is 1.84. The van der Waals surface area contributed by atoms with E-state index in [1.807, 2.05) is 13.8 Å². The van der Waals surface area contributed by atoms with E-state index in [0.29, 0.717) is 18.4 Å². The van der Waals surface area contributed by atoms with Gasteiger partial charge in [0.15, 0.2) is 0 Å². The third-order valence-corrected chi connectivity index (χ3v) is 3.30. The van der Waals surface area contributed by atoms with E-state index in [-0.39, 0.29) is 11.9 Å². The molecular formula is C17H32O2. The maximum atomic E-state index is 11.3. The van der Waals surface area contributed by atoms with Crippen molar-refractivity contribution in [2.75, 3.05) is 6.61 Å². The molecule has 0 fully saturated rings. The Morgan fingerprint density at radius 1 is 1.00 bits per heavy atom. The molecule has 0 aromatic carbocycles. The van der Waals surface area contributed by atoms with Crippen LogP contribution in [0, 0.1) is 17.8 Å². The molecule has 2 atom stereocenters. The first-order valence-corrected chi connectivity index (χ1v) is 7.82. The van der Waals surface area contributed by atoms with Crippen molar-refractivity contribution in [3.8, 4) is 0 Å². The maximum Gasteiger partial charge on any atom is 0.308 e. The molecule has 2 nitrogen and oxygen atoms in total. The van der Waals surface area contributed by atoms with Gasteiger partial charge in [-0.15, -0.1) is 0 Å². The van der Waals surface area contributed by atoms with Crippen LogP contribution in [-0.4, -0.2) is 12.6 Å². The summed E-state index contributed by atoms with van der Waals surface area (Å²) in [6.07, 6.45) is 10.5. The third kappa shape index (κ3) is 10.8.